The lowest BCUT2D eigenvalue weighted by Gasteiger charge is -2.23. The fourth-order valence-electron chi connectivity index (χ4n) is 2.80. The van der Waals surface area contributed by atoms with E-state index >= 15 is 0 Å². The first-order valence-electron chi connectivity index (χ1n) is 10.6. The van der Waals surface area contributed by atoms with Crippen molar-refractivity contribution in [2.75, 3.05) is 0 Å². The lowest BCUT2D eigenvalue weighted by Crippen LogP contribution is -2.40. The average molecular weight is 452 g/mol. The summed E-state index contributed by atoms with van der Waals surface area (Å²) in [4.78, 5) is 47.0. The molecular weight excluding hydrogens is 418 g/mol. The molecule has 0 aromatic heterocycles. The minimum atomic E-state index is -1.01. The summed E-state index contributed by atoms with van der Waals surface area (Å²) < 4.78 is 20.8. The van der Waals surface area contributed by atoms with E-state index in [1.54, 1.807) is 26.8 Å². The summed E-state index contributed by atoms with van der Waals surface area (Å²) in [6.45, 7) is 9.49. The summed E-state index contributed by atoms with van der Waals surface area (Å²) in [7, 11) is 0. The molecule has 4 atom stereocenters. The van der Waals surface area contributed by atoms with Gasteiger partial charge < -0.3 is 24.7 Å². The fourth-order valence-corrected chi connectivity index (χ4v) is 2.80. The van der Waals surface area contributed by atoms with Crippen molar-refractivity contribution in [2.24, 2.45) is 11.7 Å². The lowest BCUT2D eigenvalue weighted by atomic mass is 10.1. The predicted octanol–water partition coefficient (Wildman–Crippen LogP) is 2.71. The number of rotatable bonds is 11. The molecule has 0 heterocycles. The molecule has 0 amide bonds. The first-order chi connectivity index (χ1) is 14.9. The molecular formula is C23H33NO8. The Morgan fingerprint density at radius 2 is 1.41 bits per heavy atom. The van der Waals surface area contributed by atoms with Crippen molar-refractivity contribution in [1.29, 1.82) is 0 Å². The molecule has 1 aromatic rings. The fraction of sp³-hybridized carbons (Fsp3) is 0.565. The van der Waals surface area contributed by atoms with Crippen LogP contribution in [-0.2, 0) is 35.1 Å². The molecule has 1 aromatic carbocycles. The first-order valence-corrected chi connectivity index (χ1v) is 10.6. The van der Waals surface area contributed by atoms with Crippen LogP contribution in [0.5, 0.6) is 11.5 Å². The van der Waals surface area contributed by atoms with Crippen LogP contribution < -0.4 is 15.2 Å². The standard InChI is InChI=1S/C23H33NO8/c1-7-8-13(2)22(27)29-14(3)15(4)30-23(28)19(24)11-18-9-10-20(31-16(5)25)21(12-18)32-17(6)26/h9-10,12-15,19H,7-8,11,24H2,1-6H3/t13?,14-,15-,19-/m0/s1. The van der Waals surface area contributed by atoms with E-state index in [0.29, 0.717) is 5.56 Å². The zero-order valence-corrected chi connectivity index (χ0v) is 19.5. The zero-order chi connectivity index (χ0) is 24.4. The van der Waals surface area contributed by atoms with Crippen LogP contribution in [0.2, 0.25) is 0 Å². The summed E-state index contributed by atoms with van der Waals surface area (Å²) in [6, 6.07) is 3.51. The van der Waals surface area contributed by atoms with Crippen molar-refractivity contribution in [2.45, 2.75) is 79.1 Å². The number of benzene rings is 1. The summed E-state index contributed by atoms with van der Waals surface area (Å²) >= 11 is 0. The number of ether oxygens (including phenoxy) is 4. The van der Waals surface area contributed by atoms with E-state index in [2.05, 4.69) is 0 Å². The monoisotopic (exact) mass is 451 g/mol. The van der Waals surface area contributed by atoms with Crippen molar-refractivity contribution in [3.05, 3.63) is 23.8 Å². The molecule has 2 N–H and O–H groups in total. The van der Waals surface area contributed by atoms with Crippen molar-refractivity contribution < 1.29 is 38.1 Å². The average Bonchev–Trinajstić information content (AvgIpc) is 2.69. The highest BCUT2D eigenvalue weighted by Gasteiger charge is 2.26. The minimum absolute atomic E-state index is 0.0425. The summed E-state index contributed by atoms with van der Waals surface area (Å²) in [6.07, 6.45) is 0.356. The number of carbonyl (C=O) groups is 4. The molecule has 0 spiro atoms. The van der Waals surface area contributed by atoms with E-state index < -0.39 is 36.2 Å². The quantitative estimate of drug-likeness (QED) is 0.398. The molecule has 9 nitrogen and oxygen atoms in total. The Morgan fingerprint density at radius 3 is 1.94 bits per heavy atom. The Hall–Kier alpha value is -2.94. The van der Waals surface area contributed by atoms with Gasteiger partial charge in [-0.2, -0.15) is 0 Å². The summed E-state index contributed by atoms with van der Waals surface area (Å²) in [5, 5.41) is 0. The van der Waals surface area contributed by atoms with Gasteiger partial charge in [0.25, 0.3) is 0 Å². The van der Waals surface area contributed by atoms with Gasteiger partial charge in [-0.15, -0.1) is 0 Å². The molecule has 0 saturated heterocycles. The molecule has 0 saturated carbocycles. The van der Waals surface area contributed by atoms with Crippen LogP contribution in [0.4, 0.5) is 0 Å². The number of nitrogens with two attached hydrogens (primary N) is 1. The van der Waals surface area contributed by atoms with Gasteiger partial charge in [-0.3, -0.25) is 19.2 Å². The third-order valence-corrected chi connectivity index (χ3v) is 4.66. The molecule has 178 valence electrons. The number of carbonyl (C=O) groups excluding carboxylic acids is 4. The van der Waals surface area contributed by atoms with Crippen LogP contribution >= 0.6 is 0 Å². The molecule has 0 bridgehead atoms. The van der Waals surface area contributed by atoms with Crippen LogP contribution in [0, 0.1) is 5.92 Å². The number of hydrogen-bond donors (Lipinski definition) is 1. The summed E-state index contributed by atoms with van der Waals surface area (Å²) in [5.41, 5.74) is 6.55. The van der Waals surface area contributed by atoms with Crippen LogP contribution in [0.25, 0.3) is 0 Å². The van der Waals surface area contributed by atoms with Gasteiger partial charge in [-0.1, -0.05) is 26.3 Å². The van der Waals surface area contributed by atoms with Gasteiger partial charge >= 0.3 is 23.9 Å². The topological polar surface area (TPSA) is 131 Å². The maximum Gasteiger partial charge on any atom is 0.323 e. The normalized spacial score (nSPS) is 14.5. The number of esters is 4. The molecule has 32 heavy (non-hydrogen) atoms. The third-order valence-electron chi connectivity index (χ3n) is 4.66. The van der Waals surface area contributed by atoms with E-state index in [0.717, 1.165) is 12.8 Å². The number of hydrogen-bond acceptors (Lipinski definition) is 9. The molecule has 9 heteroatoms. The highest BCUT2D eigenvalue weighted by atomic mass is 16.6. The van der Waals surface area contributed by atoms with Crippen LogP contribution in [-0.4, -0.2) is 42.1 Å². The van der Waals surface area contributed by atoms with E-state index in [9.17, 15) is 19.2 Å². The van der Waals surface area contributed by atoms with Gasteiger partial charge in [0, 0.05) is 13.8 Å². The first kappa shape index (κ1) is 27.1. The Labute approximate surface area is 188 Å². The van der Waals surface area contributed by atoms with E-state index in [1.807, 2.05) is 6.92 Å². The Bertz CT molecular complexity index is 822. The molecule has 1 rings (SSSR count). The van der Waals surface area contributed by atoms with Crippen LogP contribution in [0.15, 0.2) is 18.2 Å². The minimum Gasteiger partial charge on any atom is -0.459 e. The van der Waals surface area contributed by atoms with Gasteiger partial charge in [0.1, 0.15) is 18.2 Å². The highest BCUT2D eigenvalue weighted by Crippen LogP contribution is 2.29. The van der Waals surface area contributed by atoms with Crippen molar-refractivity contribution in [3.63, 3.8) is 0 Å². The molecule has 0 aliphatic rings. The molecule has 1 unspecified atom stereocenters. The largest absolute Gasteiger partial charge is 0.459 e. The third kappa shape index (κ3) is 9.05. The van der Waals surface area contributed by atoms with E-state index in [-0.39, 0.29) is 29.8 Å². The second kappa shape index (κ2) is 12.8. The van der Waals surface area contributed by atoms with Gasteiger partial charge in [-0.25, -0.2) is 0 Å². The van der Waals surface area contributed by atoms with Crippen LogP contribution in [0.1, 0.15) is 59.9 Å². The SMILES string of the molecule is CCCC(C)C(=O)O[C@@H](C)[C@H](C)OC(=O)[C@@H](N)Cc1ccc(OC(C)=O)c(OC(C)=O)c1. The zero-order valence-electron chi connectivity index (χ0n) is 19.5. The Kier molecular flexibility index (Phi) is 10.8. The highest BCUT2D eigenvalue weighted by molar-refractivity contribution is 5.77. The second-order valence-corrected chi connectivity index (χ2v) is 7.75. The van der Waals surface area contributed by atoms with Crippen molar-refractivity contribution >= 4 is 23.9 Å². The van der Waals surface area contributed by atoms with Crippen molar-refractivity contribution in [3.8, 4) is 11.5 Å². The maximum atomic E-state index is 12.4. The molecule has 0 aliphatic heterocycles. The van der Waals surface area contributed by atoms with Gasteiger partial charge in [0.15, 0.2) is 11.5 Å². The predicted molar refractivity (Wildman–Crippen MR) is 116 cm³/mol. The van der Waals surface area contributed by atoms with E-state index in [4.69, 9.17) is 24.7 Å². The van der Waals surface area contributed by atoms with Crippen molar-refractivity contribution in [1.82, 2.24) is 0 Å². The maximum absolute atomic E-state index is 12.4. The molecule has 0 radical (unpaired) electrons. The summed E-state index contributed by atoms with van der Waals surface area (Å²) in [5.74, 6) is -2.27. The van der Waals surface area contributed by atoms with Crippen LogP contribution in [0.3, 0.4) is 0 Å². The van der Waals surface area contributed by atoms with Gasteiger partial charge in [0.2, 0.25) is 0 Å². The Morgan fingerprint density at radius 1 is 0.875 bits per heavy atom. The molecule has 0 aliphatic carbocycles. The molecule has 0 fully saturated rings. The van der Waals surface area contributed by atoms with E-state index in [1.165, 1.54) is 26.0 Å². The second-order valence-electron chi connectivity index (χ2n) is 7.75. The van der Waals surface area contributed by atoms with Gasteiger partial charge in [0.05, 0.1) is 5.92 Å². The lowest BCUT2D eigenvalue weighted by molar-refractivity contribution is -0.168. The smallest absolute Gasteiger partial charge is 0.323 e. The van der Waals surface area contributed by atoms with Gasteiger partial charge in [-0.05, 0) is 44.4 Å². The Balaban J connectivity index is 2.75.